The van der Waals surface area contributed by atoms with Crippen molar-refractivity contribution in [3.05, 3.63) is 150 Å². The van der Waals surface area contributed by atoms with E-state index < -0.39 is 0 Å². The summed E-state index contributed by atoms with van der Waals surface area (Å²) in [6, 6.07) is 41.3. The quantitative estimate of drug-likeness (QED) is 0.197. The van der Waals surface area contributed by atoms with E-state index in [-0.39, 0.29) is 11.5 Å². The normalized spacial score (nSPS) is 19.5. The van der Waals surface area contributed by atoms with Gasteiger partial charge in [-0.3, -0.25) is 0 Å². The lowest BCUT2D eigenvalue weighted by Crippen LogP contribution is -2.34. The van der Waals surface area contributed by atoms with Crippen molar-refractivity contribution in [1.29, 1.82) is 5.26 Å². The summed E-state index contributed by atoms with van der Waals surface area (Å²) in [7, 11) is 0. The SMILES string of the molecule is CC12CCc3c(n(C4=CC=CCC4)c4ccc(-c5c(C#N)cccc5-n5c6ccccc6c6ccccc65)cc34)[C@@H]1Oc1ccccc12. The summed E-state index contributed by atoms with van der Waals surface area (Å²) in [6.45, 7) is 2.39. The monoisotopic (exact) mass is 619 g/mol. The van der Waals surface area contributed by atoms with Crippen LogP contribution in [0, 0.1) is 11.3 Å². The maximum atomic E-state index is 10.5. The Bertz CT molecular complexity index is 2540. The van der Waals surface area contributed by atoms with Crippen molar-refractivity contribution in [3.63, 3.8) is 0 Å². The molecular formula is C44H33N3O. The third kappa shape index (κ3) is 3.65. The van der Waals surface area contributed by atoms with Gasteiger partial charge in [0.15, 0.2) is 0 Å². The molecule has 0 amide bonds. The number of hydrogen-bond acceptors (Lipinski definition) is 2. The average Bonchev–Trinajstić information content (AvgIpc) is 3.76. The molecule has 0 bridgehead atoms. The van der Waals surface area contributed by atoms with E-state index in [1.807, 2.05) is 12.1 Å². The molecule has 230 valence electrons. The highest BCUT2D eigenvalue weighted by Crippen LogP contribution is 2.58. The van der Waals surface area contributed by atoms with Gasteiger partial charge < -0.3 is 13.9 Å². The van der Waals surface area contributed by atoms with Gasteiger partial charge in [-0.25, -0.2) is 0 Å². The molecule has 0 spiro atoms. The Kier molecular flexibility index (Phi) is 5.75. The topological polar surface area (TPSA) is 42.9 Å². The van der Waals surface area contributed by atoms with Crippen molar-refractivity contribution in [2.24, 2.45) is 0 Å². The van der Waals surface area contributed by atoms with Crippen molar-refractivity contribution in [2.45, 2.75) is 44.1 Å². The first-order valence-electron chi connectivity index (χ1n) is 17.0. The molecule has 2 aliphatic carbocycles. The van der Waals surface area contributed by atoms with Crippen molar-refractivity contribution < 1.29 is 4.74 Å². The van der Waals surface area contributed by atoms with Gasteiger partial charge in [0.2, 0.25) is 0 Å². The minimum Gasteiger partial charge on any atom is -0.483 e. The number of para-hydroxylation sites is 3. The van der Waals surface area contributed by atoms with Crippen LogP contribution in [-0.4, -0.2) is 9.13 Å². The molecule has 0 N–H and O–H groups in total. The Morgan fingerprint density at radius 2 is 1.52 bits per heavy atom. The molecule has 0 fully saturated rings. The standard InChI is InChI=1S/C44H33N3O/c1-44-25-24-33-34-26-28(22-23-38(34)46(30-13-3-2-4-14-30)42(33)43(44)48-40-21-10-7-17-35(40)44)41-29(27-45)12-11-20-39(41)47-36-18-8-5-15-31(36)32-16-6-9-19-37(32)47/h2-3,5-13,15-23,26,43H,4,14,24-25H2,1H3/t43-,44?/m0/s1. The lowest BCUT2D eigenvalue weighted by atomic mass is 9.69. The Labute approximate surface area is 279 Å². The number of rotatable bonds is 3. The Morgan fingerprint density at radius 3 is 2.29 bits per heavy atom. The lowest BCUT2D eigenvalue weighted by Gasteiger charge is -2.36. The van der Waals surface area contributed by atoms with Gasteiger partial charge in [0.25, 0.3) is 0 Å². The number of nitriles is 1. The number of aromatic nitrogens is 2. The van der Waals surface area contributed by atoms with Crippen LogP contribution in [0.5, 0.6) is 5.75 Å². The third-order valence-electron chi connectivity index (χ3n) is 11.1. The van der Waals surface area contributed by atoms with E-state index in [0.29, 0.717) is 5.56 Å². The lowest BCUT2D eigenvalue weighted by molar-refractivity contribution is 0.134. The molecule has 0 radical (unpaired) electrons. The van der Waals surface area contributed by atoms with E-state index in [1.165, 1.54) is 44.2 Å². The van der Waals surface area contributed by atoms with E-state index >= 15 is 0 Å². The van der Waals surface area contributed by atoms with Crippen LogP contribution in [0.1, 0.15) is 54.7 Å². The summed E-state index contributed by atoms with van der Waals surface area (Å²) in [5.74, 6) is 1.01. The van der Waals surface area contributed by atoms with Gasteiger partial charge in [-0.15, -0.1) is 0 Å². The molecule has 0 saturated carbocycles. The summed E-state index contributed by atoms with van der Waals surface area (Å²) in [6.07, 6.45) is 10.6. The van der Waals surface area contributed by atoms with Crippen LogP contribution in [0.2, 0.25) is 0 Å². The number of ether oxygens (including phenoxy) is 1. The first kappa shape index (κ1) is 27.3. The molecule has 2 aromatic heterocycles. The number of fused-ring (bicyclic) bond motifs is 10. The molecular weight excluding hydrogens is 587 g/mol. The number of nitrogens with zero attached hydrogens (tertiary/aromatic N) is 3. The largest absolute Gasteiger partial charge is 0.483 e. The number of benzene rings is 5. The van der Waals surface area contributed by atoms with Crippen LogP contribution >= 0.6 is 0 Å². The second-order valence-electron chi connectivity index (χ2n) is 13.6. The fraction of sp³-hybridized carbons (Fsp3) is 0.159. The number of allylic oxidation sites excluding steroid dienone is 4. The summed E-state index contributed by atoms with van der Waals surface area (Å²) >= 11 is 0. The second-order valence-corrected chi connectivity index (χ2v) is 13.6. The zero-order valence-electron chi connectivity index (χ0n) is 26.8. The zero-order chi connectivity index (χ0) is 32.0. The molecule has 4 heteroatoms. The van der Waals surface area contributed by atoms with Gasteiger partial charge in [0.1, 0.15) is 11.9 Å². The van der Waals surface area contributed by atoms with Crippen LogP contribution < -0.4 is 4.74 Å². The zero-order valence-corrected chi connectivity index (χ0v) is 26.8. The smallest absolute Gasteiger partial charge is 0.149 e. The fourth-order valence-electron chi connectivity index (χ4n) is 8.91. The van der Waals surface area contributed by atoms with Crippen LogP contribution in [0.3, 0.4) is 0 Å². The van der Waals surface area contributed by atoms with E-state index in [1.54, 1.807) is 0 Å². The Balaban J connectivity index is 1.24. The summed E-state index contributed by atoms with van der Waals surface area (Å²) in [5, 5.41) is 14.2. The molecule has 0 saturated heterocycles. The molecule has 4 nitrogen and oxygen atoms in total. The van der Waals surface area contributed by atoms with Crippen molar-refractivity contribution in [1.82, 2.24) is 9.13 Å². The van der Waals surface area contributed by atoms with Gasteiger partial charge in [-0.2, -0.15) is 5.26 Å². The minimum atomic E-state index is -0.0965. The first-order valence-corrected chi connectivity index (χ1v) is 17.0. The summed E-state index contributed by atoms with van der Waals surface area (Å²) in [5.41, 5.74) is 12.3. The highest BCUT2D eigenvalue weighted by Gasteiger charge is 2.51. The van der Waals surface area contributed by atoms with Crippen molar-refractivity contribution in [2.75, 3.05) is 0 Å². The summed E-state index contributed by atoms with van der Waals surface area (Å²) < 4.78 is 11.7. The Morgan fingerprint density at radius 1 is 0.771 bits per heavy atom. The van der Waals surface area contributed by atoms with Gasteiger partial charge >= 0.3 is 0 Å². The molecule has 3 heterocycles. The molecule has 1 aliphatic heterocycles. The van der Waals surface area contributed by atoms with E-state index in [0.717, 1.165) is 59.3 Å². The molecule has 5 aromatic carbocycles. The first-order chi connectivity index (χ1) is 23.7. The predicted molar refractivity (Wildman–Crippen MR) is 195 cm³/mol. The summed E-state index contributed by atoms with van der Waals surface area (Å²) in [4.78, 5) is 0. The molecule has 1 unspecified atom stereocenters. The third-order valence-corrected chi connectivity index (χ3v) is 11.1. The second kappa shape index (κ2) is 10.1. The van der Waals surface area contributed by atoms with E-state index in [2.05, 4.69) is 137 Å². The van der Waals surface area contributed by atoms with Crippen LogP contribution in [-0.2, 0) is 11.8 Å². The van der Waals surface area contributed by atoms with Gasteiger partial charge in [-0.1, -0.05) is 85.8 Å². The van der Waals surface area contributed by atoms with Gasteiger partial charge in [0, 0.05) is 38.4 Å². The van der Waals surface area contributed by atoms with Crippen LogP contribution in [0.15, 0.2) is 127 Å². The maximum Gasteiger partial charge on any atom is 0.149 e. The predicted octanol–water partition coefficient (Wildman–Crippen LogP) is 10.8. The van der Waals surface area contributed by atoms with E-state index in [9.17, 15) is 5.26 Å². The fourth-order valence-corrected chi connectivity index (χ4v) is 8.91. The number of aryl methyl sites for hydroxylation is 1. The van der Waals surface area contributed by atoms with Gasteiger partial charge in [-0.05, 0) is 85.4 Å². The Hall–Kier alpha value is -5.79. The highest BCUT2D eigenvalue weighted by molar-refractivity contribution is 6.10. The molecule has 3 aliphatic rings. The maximum absolute atomic E-state index is 10.5. The van der Waals surface area contributed by atoms with E-state index in [4.69, 9.17) is 4.74 Å². The highest BCUT2D eigenvalue weighted by atomic mass is 16.5. The van der Waals surface area contributed by atoms with Crippen molar-refractivity contribution in [3.8, 4) is 28.6 Å². The molecule has 7 aromatic rings. The molecule has 48 heavy (non-hydrogen) atoms. The number of hydrogen-bond donors (Lipinski definition) is 0. The molecule has 10 rings (SSSR count). The van der Waals surface area contributed by atoms with Crippen molar-refractivity contribution >= 4 is 38.4 Å². The van der Waals surface area contributed by atoms with Gasteiger partial charge in [0.05, 0.1) is 39.6 Å². The minimum absolute atomic E-state index is 0.0686. The van der Waals surface area contributed by atoms with Crippen LogP contribution in [0.25, 0.3) is 55.2 Å². The average molecular weight is 620 g/mol. The molecule has 2 atom stereocenters. The van der Waals surface area contributed by atoms with Crippen LogP contribution in [0.4, 0.5) is 0 Å².